The van der Waals surface area contributed by atoms with Crippen LogP contribution in [0.4, 0.5) is 0 Å². The lowest BCUT2D eigenvalue weighted by Crippen LogP contribution is -1.94. The van der Waals surface area contributed by atoms with Gasteiger partial charge in [0.25, 0.3) is 0 Å². The van der Waals surface area contributed by atoms with Gasteiger partial charge in [0.1, 0.15) is 0 Å². The van der Waals surface area contributed by atoms with Crippen molar-refractivity contribution in [2.24, 2.45) is 0 Å². The number of thioether (sulfide) groups is 1. The van der Waals surface area contributed by atoms with Crippen molar-refractivity contribution in [2.75, 3.05) is 6.26 Å². The highest BCUT2D eigenvalue weighted by Crippen LogP contribution is 2.33. The van der Waals surface area contributed by atoms with E-state index in [2.05, 4.69) is 108 Å². The van der Waals surface area contributed by atoms with Crippen molar-refractivity contribution in [3.63, 3.8) is 0 Å². The minimum absolute atomic E-state index is 1.19. The molecule has 5 aromatic rings. The van der Waals surface area contributed by atoms with Crippen molar-refractivity contribution in [3.05, 3.63) is 97.1 Å². The number of hydrogen-bond acceptors (Lipinski definition) is 1. The van der Waals surface area contributed by atoms with Gasteiger partial charge in [-0.25, -0.2) is 0 Å². The highest BCUT2D eigenvalue weighted by molar-refractivity contribution is 7.98. The zero-order valence-electron chi connectivity index (χ0n) is 15.1. The standard InChI is InChI=1S/C25H19NS/c1-27-21-15-13-18(14-16-21)19-7-6-8-20(17-19)26-24-11-4-2-9-22(24)23-10-3-5-12-25(23)26/h2-17H,1H3. The molecule has 27 heavy (non-hydrogen) atoms. The van der Waals surface area contributed by atoms with E-state index < -0.39 is 0 Å². The molecule has 0 aliphatic rings. The van der Waals surface area contributed by atoms with Crippen molar-refractivity contribution in [2.45, 2.75) is 4.90 Å². The molecule has 1 aromatic heterocycles. The van der Waals surface area contributed by atoms with E-state index in [9.17, 15) is 0 Å². The molecule has 1 nitrogen and oxygen atoms in total. The van der Waals surface area contributed by atoms with Gasteiger partial charge in [-0.1, -0.05) is 60.7 Å². The second-order valence-electron chi connectivity index (χ2n) is 6.65. The molecule has 1 heterocycles. The molecule has 0 spiro atoms. The second-order valence-corrected chi connectivity index (χ2v) is 7.53. The van der Waals surface area contributed by atoms with Gasteiger partial charge in [0.15, 0.2) is 0 Å². The Hall–Kier alpha value is -2.97. The average Bonchev–Trinajstić information content (AvgIpc) is 3.08. The molecule has 0 atom stereocenters. The number of hydrogen-bond donors (Lipinski definition) is 0. The summed E-state index contributed by atoms with van der Waals surface area (Å²) in [4.78, 5) is 1.29. The number of rotatable bonds is 3. The van der Waals surface area contributed by atoms with Crippen LogP contribution in [-0.4, -0.2) is 10.8 Å². The van der Waals surface area contributed by atoms with Gasteiger partial charge < -0.3 is 4.57 Å². The molecule has 2 heteroatoms. The number of para-hydroxylation sites is 2. The summed E-state index contributed by atoms with van der Waals surface area (Å²) in [6.45, 7) is 0. The van der Waals surface area contributed by atoms with E-state index in [0.717, 1.165) is 0 Å². The van der Waals surface area contributed by atoms with Crippen LogP contribution >= 0.6 is 11.8 Å². The summed E-state index contributed by atoms with van der Waals surface area (Å²) in [5.41, 5.74) is 6.17. The summed E-state index contributed by atoms with van der Waals surface area (Å²) < 4.78 is 2.37. The van der Waals surface area contributed by atoms with Crippen LogP contribution in [-0.2, 0) is 0 Å². The van der Waals surface area contributed by atoms with Gasteiger partial charge in [0, 0.05) is 21.4 Å². The van der Waals surface area contributed by atoms with Gasteiger partial charge in [-0.2, -0.15) is 0 Å². The molecule has 0 N–H and O–H groups in total. The zero-order chi connectivity index (χ0) is 18.2. The first kappa shape index (κ1) is 16.2. The topological polar surface area (TPSA) is 4.93 Å². The Morgan fingerprint density at radius 3 is 1.85 bits per heavy atom. The summed E-state index contributed by atoms with van der Waals surface area (Å²) in [5.74, 6) is 0. The first-order valence-electron chi connectivity index (χ1n) is 9.08. The molecule has 5 rings (SSSR count). The highest BCUT2D eigenvalue weighted by atomic mass is 32.2. The lowest BCUT2D eigenvalue weighted by atomic mass is 10.1. The maximum Gasteiger partial charge on any atom is 0.0541 e. The maximum atomic E-state index is 2.37. The van der Waals surface area contributed by atoms with E-state index in [1.807, 2.05) is 0 Å². The monoisotopic (exact) mass is 365 g/mol. The number of aromatic nitrogens is 1. The lowest BCUT2D eigenvalue weighted by Gasteiger charge is -2.10. The van der Waals surface area contributed by atoms with E-state index in [1.165, 1.54) is 43.5 Å². The Morgan fingerprint density at radius 1 is 0.593 bits per heavy atom. The lowest BCUT2D eigenvalue weighted by molar-refractivity contribution is 1.18. The molecular formula is C25H19NS. The molecular weight excluding hydrogens is 346 g/mol. The van der Waals surface area contributed by atoms with Crippen LogP contribution in [0.3, 0.4) is 0 Å². The SMILES string of the molecule is CSc1ccc(-c2cccc(-n3c4ccccc4c4ccccc43)c2)cc1. The average molecular weight is 366 g/mol. The number of benzene rings is 4. The smallest absolute Gasteiger partial charge is 0.0541 e. The Kier molecular flexibility index (Phi) is 3.99. The van der Waals surface area contributed by atoms with E-state index in [4.69, 9.17) is 0 Å². The Bertz CT molecular complexity index is 1200. The van der Waals surface area contributed by atoms with Crippen molar-refractivity contribution in [1.29, 1.82) is 0 Å². The summed E-state index contributed by atoms with van der Waals surface area (Å²) in [6, 6.07) is 34.9. The fourth-order valence-corrected chi connectivity index (χ4v) is 4.22. The molecule has 0 unspecified atom stereocenters. The minimum atomic E-state index is 1.19. The molecule has 0 amide bonds. The van der Waals surface area contributed by atoms with Crippen LogP contribution in [0.5, 0.6) is 0 Å². The first-order chi connectivity index (χ1) is 13.3. The number of fused-ring (bicyclic) bond motifs is 3. The van der Waals surface area contributed by atoms with Gasteiger partial charge >= 0.3 is 0 Å². The second kappa shape index (κ2) is 6.64. The van der Waals surface area contributed by atoms with Crippen LogP contribution in [0.1, 0.15) is 0 Å². The summed E-state index contributed by atoms with van der Waals surface area (Å²) in [6.07, 6.45) is 2.11. The van der Waals surface area contributed by atoms with Crippen LogP contribution in [0, 0.1) is 0 Å². The Labute approximate surface area is 163 Å². The zero-order valence-corrected chi connectivity index (χ0v) is 15.9. The predicted octanol–water partition coefficient (Wildman–Crippen LogP) is 7.17. The minimum Gasteiger partial charge on any atom is -0.309 e. The fraction of sp³-hybridized carbons (Fsp3) is 0.0400. The van der Waals surface area contributed by atoms with E-state index in [-0.39, 0.29) is 0 Å². The molecule has 0 fully saturated rings. The maximum absolute atomic E-state index is 2.37. The Morgan fingerprint density at radius 2 is 1.22 bits per heavy atom. The largest absolute Gasteiger partial charge is 0.309 e. The van der Waals surface area contributed by atoms with Crippen molar-refractivity contribution in [3.8, 4) is 16.8 Å². The van der Waals surface area contributed by atoms with Crippen LogP contribution < -0.4 is 0 Å². The van der Waals surface area contributed by atoms with Crippen LogP contribution in [0.25, 0.3) is 38.6 Å². The fourth-order valence-electron chi connectivity index (χ4n) is 3.81. The molecule has 130 valence electrons. The first-order valence-corrected chi connectivity index (χ1v) is 10.3. The van der Waals surface area contributed by atoms with Gasteiger partial charge in [-0.05, 0) is 53.8 Å². The van der Waals surface area contributed by atoms with Crippen LogP contribution in [0.2, 0.25) is 0 Å². The Balaban J connectivity index is 1.73. The summed E-state index contributed by atoms with van der Waals surface area (Å²) in [7, 11) is 0. The van der Waals surface area contributed by atoms with Crippen molar-refractivity contribution in [1.82, 2.24) is 4.57 Å². The van der Waals surface area contributed by atoms with E-state index in [0.29, 0.717) is 0 Å². The molecule has 0 saturated heterocycles. The van der Waals surface area contributed by atoms with Gasteiger partial charge in [-0.3, -0.25) is 0 Å². The van der Waals surface area contributed by atoms with Gasteiger partial charge in [-0.15, -0.1) is 11.8 Å². The normalized spacial score (nSPS) is 11.3. The molecule has 0 aliphatic carbocycles. The van der Waals surface area contributed by atoms with Crippen LogP contribution in [0.15, 0.2) is 102 Å². The van der Waals surface area contributed by atoms with E-state index in [1.54, 1.807) is 11.8 Å². The molecule has 4 aromatic carbocycles. The third-order valence-corrected chi connectivity index (χ3v) is 5.85. The van der Waals surface area contributed by atoms with Crippen molar-refractivity contribution < 1.29 is 0 Å². The molecule has 0 bridgehead atoms. The highest BCUT2D eigenvalue weighted by Gasteiger charge is 2.11. The molecule has 0 saturated carbocycles. The molecule has 0 aliphatic heterocycles. The number of nitrogens with zero attached hydrogens (tertiary/aromatic N) is 1. The summed E-state index contributed by atoms with van der Waals surface area (Å²) in [5, 5.41) is 2.59. The van der Waals surface area contributed by atoms with Crippen molar-refractivity contribution >= 4 is 33.6 Å². The van der Waals surface area contributed by atoms with Gasteiger partial charge in [0.2, 0.25) is 0 Å². The quantitative estimate of drug-likeness (QED) is 0.307. The summed E-state index contributed by atoms with van der Waals surface area (Å²) >= 11 is 1.77. The third-order valence-electron chi connectivity index (χ3n) is 5.11. The van der Waals surface area contributed by atoms with E-state index >= 15 is 0 Å². The molecule has 0 radical (unpaired) electrons. The predicted molar refractivity (Wildman–Crippen MR) is 118 cm³/mol. The third kappa shape index (κ3) is 2.73. The van der Waals surface area contributed by atoms with Gasteiger partial charge in [0.05, 0.1) is 11.0 Å².